The van der Waals surface area contributed by atoms with Crippen molar-refractivity contribution in [3.8, 4) is 0 Å². The molecule has 4 heterocycles. The molecule has 26 heavy (non-hydrogen) atoms. The monoisotopic (exact) mass is 362 g/mol. The minimum absolute atomic E-state index is 0.0592. The molecule has 0 spiro atoms. The summed E-state index contributed by atoms with van der Waals surface area (Å²) in [5.41, 5.74) is 0. The predicted molar refractivity (Wildman–Crippen MR) is 99.4 cm³/mol. The number of likely N-dealkylation sites (tertiary alicyclic amines) is 2. The molecule has 0 aromatic carbocycles. The Hall–Kier alpha value is -1.64. The summed E-state index contributed by atoms with van der Waals surface area (Å²) in [6.07, 6.45) is 5.34. The number of morpholine rings is 1. The molecule has 1 N–H and O–H groups in total. The third-order valence-electron chi connectivity index (χ3n) is 6.05. The van der Waals surface area contributed by atoms with E-state index in [0.717, 1.165) is 52.0 Å². The van der Waals surface area contributed by atoms with Crippen molar-refractivity contribution < 1.29 is 9.53 Å². The fourth-order valence-corrected chi connectivity index (χ4v) is 4.28. The van der Waals surface area contributed by atoms with E-state index < -0.39 is 0 Å². The Labute approximate surface area is 155 Å². The zero-order chi connectivity index (χ0) is 18.1. The van der Waals surface area contributed by atoms with Crippen LogP contribution in [0.5, 0.6) is 0 Å². The molecule has 3 saturated heterocycles. The number of hydrogen-bond acceptors (Lipinski definition) is 5. The number of nitrogens with zero attached hydrogens (tertiary/aromatic N) is 5. The summed E-state index contributed by atoms with van der Waals surface area (Å²) in [5, 5.41) is 7.57. The molecule has 3 aliphatic heterocycles. The quantitative estimate of drug-likeness (QED) is 0.853. The van der Waals surface area contributed by atoms with Crippen LogP contribution in [-0.4, -0.2) is 96.1 Å². The molecule has 1 aromatic rings. The number of nitrogens with one attached hydrogen (secondary N) is 1. The van der Waals surface area contributed by atoms with E-state index in [1.54, 1.807) is 0 Å². The van der Waals surface area contributed by atoms with Gasteiger partial charge in [-0.1, -0.05) is 0 Å². The minimum Gasteiger partial charge on any atom is -0.375 e. The number of urea groups is 1. The molecule has 3 aliphatic rings. The van der Waals surface area contributed by atoms with Crippen LogP contribution in [-0.2, 0) is 4.74 Å². The topological polar surface area (TPSA) is 65.9 Å². The maximum Gasteiger partial charge on any atom is 0.323 e. The predicted octanol–water partition coefficient (Wildman–Crippen LogP) is 1.09. The van der Waals surface area contributed by atoms with E-state index >= 15 is 0 Å². The second-order valence-corrected chi connectivity index (χ2v) is 7.84. The van der Waals surface area contributed by atoms with Crippen molar-refractivity contribution in [2.24, 2.45) is 0 Å². The number of carbonyl (C=O) groups is 1. The fraction of sp³-hybridized carbons (Fsp3) is 0.778. The van der Waals surface area contributed by atoms with E-state index in [2.05, 4.69) is 34.3 Å². The maximum absolute atomic E-state index is 12.7. The first-order valence-electron chi connectivity index (χ1n) is 9.71. The lowest BCUT2D eigenvalue weighted by Crippen LogP contribution is -2.60. The van der Waals surface area contributed by atoms with Gasteiger partial charge in [-0.3, -0.25) is 14.9 Å². The standard InChI is InChI=1S/C18H30N6O2/c1-21-7-3-14(4-8-21)24-10-6-17(20-24)19-18(25)23-9-5-16-15(13-23)22(2)11-12-26-16/h6,10,14-16H,3-5,7-9,11-13H2,1-2H3,(H,19,20,25). The number of anilines is 1. The average molecular weight is 362 g/mol. The van der Waals surface area contributed by atoms with Crippen LogP contribution < -0.4 is 5.32 Å². The molecular formula is C18H30N6O2. The highest BCUT2D eigenvalue weighted by atomic mass is 16.5. The molecule has 144 valence electrons. The van der Waals surface area contributed by atoms with Gasteiger partial charge in [0.1, 0.15) is 0 Å². The Kier molecular flexibility index (Phi) is 5.15. The summed E-state index contributed by atoms with van der Waals surface area (Å²) in [7, 11) is 4.27. The van der Waals surface area contributed by atoms with Crippen molar-refractivity contribution in [2.75, 3.05) is 58.7 Å². The van der Waals surface area contributed by atoms with Crippen LogP contribution in [0.4, 0.5) is 10.6 Å². The number of ether oxygens (including phenoxy) is 1. The van der Waals surface area contributed by atoms with Crippen molar-refractivity contribution >= 4 is 11.8 Å². The summed E-state index contributed by atoms with van der Waals surface area (Å²) in [4.78, 5) is 19.2. The number of piperidine rings is 2. The summed E-state index contributed by atoms with van der Waals surface area (Å²) in [6, 6.07) is 2.57. The molecule has 0 aliphatic carbocycles. The van der Waals surface area contributed by atoms with Crippen LogP contribution in [0.15, 0.2) is 12.3 Å². The molecule has 0 radical (unpaired) electrons. The Bertz CT molecular complexity index is 627. The van der Waals surface area contributed by atoms with Crippen molar-refractivity contribution in [3.63, 3.8) is 0 Å². The second-order valence-electron chi connectivity index (χ2n) is 7.84. The first-order valence-corrected chi connectivity index (χ1v) is 9.71. The summed E-state index contributed by atoms with van der Waals surface area (Å²) in [6.45, 7) is 5.35. The first-order chi connectivity index (χ1) is 12.6. The van der Waals surface area contributed by atoms with Crippen LogP contribution in [0.25, 0.3) is 0 Å². The highest BCUT2D eigenvalue weighted by Crippen LogP contribution is 2.24. The van der Waals surface area contributed by atoms with Gasteiger partial charge in [0.05, 0.1) is 24.8 Å². The molecule has 1 aromatic heterocycles. The van der Waals surface area contributed by atoms with E-state index in [0.29, 0.717) is 24.4 Å². The largest absolute Gasteiger partial charge is 0.375 e. The van der Waals surface area contributed by atoms with Crippen molar-refractivity contribution in [2.45, 2.75) is 37.5 Å². The van der Waals surface area contributed by atoms with Gasteiger partial charge in [0.15, 0.2) is 5.82 Å². The molecule has 2 unspecified atom stereocenters. The van der Waals surface area contributed by atoms with E-state index in [1.165, 1.54) is 0 Å². The lowest BCUT2D eigenvalue weighted by molar-refractivity contribution is -0.0875. The molecule has 2 amide bonds. The smallest absolute Gasteiger partial charge is 0.323 e. The van der Waals surface area contributed by atoms with Crippen LogP contribution in [0.3, 0.4) is 0 Å². The molecule has 0 saturated carbocycles. The van der Waals surface area contributed by atoms with E-state index in [4.69, 9.17) is 4.74 Å². The molecule has 8 heteroatoms. The molecule has 2 atom stereocenters. The molecular weight excluding hydrogens is 332 g/mol. The van der Waals surface area contributed by atoms with Gasteiger partial charge in [-0.2, -0.15) is 5.10 Å². The van der Waals surface area contributed by atoms with Crippen LogP contribution in [0, 0.1) is 0 Å². The van der Waals surface area contributed by atoms with Gasteiger partial charge in [-0.15, -0.1) is 0 Å². The maximum atomic E-state index is 12.7. The molecule has 8 nitrogen and oxygen atoms in total. The Morgan fingerprint density at radius 3 is 2.81 bits per heavy atom. The third-order valence-corrected chi connectivity index (χ3v) is 6.05. The Morgan fingerprint density at radius 1 is 1.19 bits per heavy atom. The Morgan fingerprint density at radius 2 is 2.00 bits per heavy atom. The van der Waals surface area contributed by atoms with Gasteiger partial charge in [0.2, 0.25) is 0 Å². The van der Waals surface area contributed by atoms with Crippen LogP contribution in [0.1, 0.15) is 25.3 Å². The van der Waals surface area contributed by atoms with E-state index in [1.807, 2.05) is 21.8 Å². The summed E-state index contributed by atoms with van der Waals surface area (Å²) in [5.74, 6) is 0.643. The zero-order valence-electron chi connectivity index (χ0n) is 15.8. The zero-order valence-corrected chi connectivity index (χ0v) is 15.8. The number of fused-ring (bicyclic) bond motifs is 1. The average Bonchev–Trinajstić information content (AvgIpc) is 3.11. The lowest BCUT2D eigenvalue weighted by atomic mass is 9.99. The number of rotatable bonds is 2. The van der Waals surface area contributed by atoms with Crippen LogP contribution >= 0.6 is 0 Å². The number of hydrogen-bond donors (Lipinski definition) is 1. The highest BCUT2D eigenvalue weighted by molar-refractivity contribution is 5.88. The second kappa shape index (κ2) is 7.54. The van der Waals surface area contributed by atoms with Gasteiger partial charge < -0.3 is 14.5 Å². The number of likely N-dealkylation sites (N-methyl/N-ethyl adjacent to an activating group) is 1. The van der Waals surface area contributed by atoms with Crippen molar-refractivity contribution in [3.05, 3.63) is 12.3 Å². The fourth-order valence-electron chi connectivity index (χ4n) is 4.28. The minimum atomic E-state index is -0.0592. The summed E-state index contributed by atoms with van der Waals surface area (Å²) >= 11 is 0. The molecule has 0 bridgehead atoms. The summed E-state index contributed by atoms with van der Waals surface area (Å²) < 4.78 is 7.87. The lowest BCUT2D eigenvalue weighted by Gasteiger charge is -2.45. The van der Waals surface area contributed by atoms with Gasteiger partial charge in [-0.25, -0.2) is 4.79 Å². The third kappa shape index (κ3) is 3.72. The van der Waals surface area contributed by atoms with E-state index in [9.17, 15) is 4.79 Å². The van der Waals surface area contributed by atoms with Gasteiger partial charge in [0.25, 0.3) is 0 Å². The van der Waals surface area contributed by atoms with Gasteiger partial charge in [0, 0.05) is 31.9 Å². The normalized spacial score (nSPS) is 28.8. The van der Waals surface area contributed by atoms with Gasteiger partial charge in [-0.05, 0) is 46.4 Å². The van der Waals surface area contributed by atoms with Gasteiger partial charge >= 0.3 is 6.03 Å². The van der Waals surface area contributed by atoms with Crippen LogP contribution in [0.2, 0.25) is 0 Å². The van der Waals surface area contributed by atoms with Crippen molar-refractivity contribution in [1.29, 1.82) is 0 Å². The highest BCUT2D eigenvalue weighted by Gasteiger charge is 2.37. The van der Waals surface area contributed by atoms with E-state index in [-0.39, 0.29) is 12.1 Å². The van der Waals surface area contributed by atoms with Crippen molar-refractivity contribution in [1.82, 2.24) is 24.5 Å². The first kappa shape index (κ1) is 17.8. The Balaban J connectivity index is 1.33. The SMILES string of the molecule is CN1CCC(n2ccc(NC(=O)N3CCC4OCCN(C)C4C3)n2)CC1. The molecule has 4 rings (SSSR count). The number of aromatic nitrogens is 2. The molecule has 3 fully saturated rings. The number of amides is 2. The number of carbonyl (C=O) groups excluding carboxylic acids is 1.